The summed E-state index contributed by atoms with van der Waals surface area (Å²) in [6.45, 7) is -0.460. The van der Waals surface area contributed by atoms with E-state index in [1.54, 1.807) is 0 Å². The smallest absolute Gasteiger partial charge is 0.334 e. The van der Waals surface area contributed by atoms with E-state index in [9.17, 15) is 14.0 Å². The molecule has 0 aliphatic heterocycles. The van der Waals surface area contributed by atoms with Gasteiger partial charge in [0, 0.05) is 5.56 Å². The third-order valence-corrected chi connectivity index (χ3v) is 2.23. The first-order valence-electron chi connectivity index (χ1n) is 4.56. The van der Waals surface area contributed by atoms with Gasteiger partial charge in [-0.2, -0.15) is 0 Å². The Hall–Kier alpha value is -1.66. The molecule has 5 nitrogen and oxygen atoms in total. The minimum absolute atomic E-state index is 0.00973. The van der Waals surface area contributed by atoms with E-state index in [0.717, 1.165) is 6.07 Å². The van der Waals surface area contributed by atoms with E-state index in [-0.39, 0.29) is 10.6 Å². The van der Waals surface area contributed by atoms with Crippen molar-refractivity contribution in [3.63, 3.8) is 0 Å². The highest BCUT2D eigenvalue weighted by molar-refractivity contribution is 6.30. The average molecular weight is 262 g/mol. The maximum Gasteiger partial charge on any atom is 0.334 e. The number of benzene rings is 1. The molecule has 1 aromatic carbocycles. The molecule has 3 N–H and O–H groups in total. The Kier molecular flexibility index (Phi) is 4.42. The van der Waals surface area contributed by atoms with E-state index in [1.807, 2.05) is 0 Å². The van der Waals surface area contributed by atoms with Crippen LogP contribution in [-0.2, 0) is 4.79 Å². The van der Waals surface area contributed by atoms with E-state index in [4.69, 9.17) is 21.8 Å². The Bertz CT molecular complexity index is 452. The minimum atomic E-state index is -1.70. The van der Waals surface area contributed by atoms with E-state index in [2.05, 4.69) is 5.32 Å². The fraction of sp³-hybridized carbons (Fsp3) is 0.200. The van der Waals surface area contributed by atoms with Gasteiger partial charge in [0.15, 0.2) is 6.10 Å². The number of hydrogen-bond donors (Lipinski definition) is 3. The first-order chi connectivity index (χ1) is 7.91. The highest BCUT2D eigenvalue weighted by Crippen LogP contribution is 2.15. The number of carbonyl (C=O) groups excluding carboxylic acids is 1. The van der Waals surface area contributed by atoms with Gasteiger partial charge >= 0.3 is 5.97 Å². The highest BCUT2D eigenvalue weighted by atomic mass is 35.5. The monoisotopic (exact) mass is 261 g/mol. The second-order valence-electron chi connectivity index (χ2n) is 3.19. The van der Waals surface area contributed by atoms with Crippen LogP contribution in [0.1, 0.15) is 10.4 Å². The molecule has 0 heterocycles. The molecule has 0 saturated heterocycles. The summed E-state index contributed by atoms with van der Waals surface area (Å²) in [6.07, 6.45) is -1.70. The summed E-state index contributed by atoms with van der Waals surface area (Å²) in [6, 6.07) is 3.41. The van der Waals surface area contributed by atoms with Crippen molar-refractivity contribution in [2.24, 2.45) is 0 Å². The van der Waals surface area contributed by atoms with Crippen LogP contribution in [0.3, 0.4) is 0 Å². The van der Waals surface area contributed by atoms with Gasteiger partial charge in [0.1, 0.15) is 5.82 Å². The third-order valence-electron chi connectivity index (χ3n) is 1.92. The quantitative estimate of drug-likeness (QED) is 0.743. The number of aliphatic hydroxyl groups excluding tert-OH is 1. The number of rotatable bonds is 4. The van der Waals surface area contributed by atoms with Crippen LogP contribution in [0.25, 0.3) is 0 Å². The molecule has 92 valence electrons. The highest BCUT2D eigenvalue weighted by Gasteiger charge is 2.15. The number of amides is 1. The van der Waals surface area contributed by atoms with Gasteiger partial charge < -0.3 is 15.5 Å². The molecule has 0 aliphatic carbocycles. The van der Waals surface area contributed by atoms with Crippen LogP contribution >= 0.6 is 11.6 Å². The van der Waals surface area contributed by atoms with Crippen LogP contribution in [0.4, 0.5) is 4.39 Å². The molecule has 17 heavy (non-hydrogen) atoms. The Morgan fingerprint density at radius 2 is 2.12 bits per heavy atom. The lowest BCUT2D eigenvalue weighted by atomic mass is 10.2. The average Bonchev–Trinajstić information content (AvgIpc) is 2.28. The molecular weight excluding hydrogens is 253 g/mol. The Balaban J connectivity index is 2.64. The fourth-order valence-electron chi connectivity index (χ4n) is 1.02. The molecule has 0 spiro atoms. The molecular formula is C10H9ClFNO4. The zero-order valence-corrected chi connectivity index (χ0v) is 9.24. The molecule has 0 aromatic heterocycles. The van der Waals surface area contributed by atoms with E-state index < -0.39 is 30.3 Å². The molecule has 0 saturated carbocycles. The van der Waals surface area contributed by atoms with Crippen molar-refractivity contribution >= 4 is 23.5 Å². The number of carboxylic acid groups (broad SMARTS) is 1. The second kappa shape index (κ2) is 5.60. The maximum atomic E-state index is 13.0. The Morgan fingerprint density at radius 3 is 2.65 bits per heavy atom. The predicted molar refractivity (Wildman–Crippen MR) is 57.4 cm³/mol. The van der Waals surface area contributed by atoms with Crippen molar-refractivity contribution < 1.29 is 24.2 Å². The predicted octanol–water partition coefficient (Wildman–Crippen LogP) is 0.654. The third kappa shape index (κ3) is 3.69. The van der Waals surface area contributed by atoms with E-state index in [0.29, 0.717) is 0 Å². The lowest BCUT2D eigenvalue weighted by Crippen LogP contribution is -2.36. The van der Waals surface area contributed by atoms with Crippen LogP contribution in [0.15, 0.2) is 18.2 Å². The molecule has 0 fully saturated rings. The van der Waals surface area contributed by atoms with Crippen molar-refractivity contribution in [3.05, 3.63) is 34.6 Å². The number of nitrogens with one attached hydrogen (secondary N) is 1. The van der Waals surface area contributed by atoms with Gasteiger partial charge in [-0.1, -0.05) is 11.6 Å². The maximum absolute atomic E-state index is 13.0. The lowest BCUT2D eigenvalue weighted by molar-refractivity contribution is -0.146. The molecule has 1 aromatic rings. The number of halogens is 2. The van der Waals surface area contributed by atoms with Gasteiger partial charge in [0.05, 0.1) is 11.6 Å². The van der Waals surface area contributed by atoms with Gasteiger partial charge in [0.2, 0.25) is 0 Å². The summed E-state index contributed by atoms with van der Waals surface area (Å²) in [5.74, 6) is -2.90. The summed E-state index contributed by atoms with van der Waals surface area (Å²) in [7, 11) is 0. The van der Waals surface area contributed by atoms with Crippen LogP contribution in [-0.4, -0.2) is 34.7 Å². The van der Waals surface area contributed by atoms with Gasteiger partial charge in [-0.3, -0.25) is 4.79 Å². The van der Waals surface area contributed by atoms with Crippen LogP contribution in [0.2, 0.25) is 5.02 Å². The largest absolute Gasteiger partial charge is 0.479 e. The summed E-state index contributed by atoms with van der Waals surface area (Å²) < 4.78 is 13.0. The normalized spacial score (nSPS) is 11.9. The Morgan fingerprint density at radius 1 is 1.47 bits per heavy atom. The molecule has 0 radical (unpaired) electrons. The number of aliphatic hydroxyl groups is 1. The van der Waals surface area contributed by atoms with Gasteiger partial charge in [-0.25, -0.2) is 9.18 Å². The van der Waals surface area contributed by atoms with Gasteiger partial charge in [0.25, 0.3) is 5.91 Å². The number of aliphatic carboxylic acids is 1. The van der Waals surface area contributed by atoms with Crippen molar-refractivity contribution in [2.45, 2.75) is 6.10 Å². The summed E-state index contributed by atoms with van der Waals surface area (Å²) in [4.78, 5) is 21.7. The summed E-state index contributed by atoms with van der Waals surface area (Å²) >= 11 is 5.43. The SMILES string of the molecule is O=C(NCC(O)C(=O)O)c1ccc(Cl)c(F)c1. The first kappa shape index (κ1) is 13.4. The molecule has 1 atom stereocenters. The summed E-state index contributed by atoms with van der Waals surface area (Å²) in [5, 5.41) is 19.3. The molecule has 1 rings (SSSR count). The first-order valence-corrected chi connectivity index (χ1v) is 4.93. The molecule has 0 bridgehead atoms. The van der Waals surface area contributed by atoms with E-state index in [1.165, 1.54) is 12.1 Å². The Labute approximate surface area is 101 Å². The standard InChI is InChI=1S/C10H9ClFNO4/c11-6-2-1-5(3-7(6)12)9(15)13-4-8(14)10(16)17/h1-3,8,14H,4H2,(H,13,15)(H,16,17). The molecule has 7 heteroatoms. The van der Waals surface area contributed by atoms with Crippen molar-refractivity contribution in [3.8, 4) is 0 Å². The van der Waals surface area contributed by atoms with Crippen LogP contribution < -0.4 is 5.32 Å². The van der Waals surface area contributed by atoms with Crippen molar-refractivity contribution in [1.82, 2.24) is 5.32 Å². The topological polar surface area (TPSA) is 86.6 Å². The fourth-order valence-corrected chi connectivity index (χ4v) is 1.13. The second-order valence-corrected chi connectivity index (χ2v) is 3.60. The van der Waals surface area contributed by atoms with Crippen LogP contribution in [0, 0.1) is 5.82 Å². The van der Waals surface area contributed by atoms with Gasteiger partial charge in [-0.05, 0) is 18.2 Å². The lowest BCUT2D eigenvalue weighted by Gasteiger charge is -2.08. The van der Waals surface area contributed by atoms with E-state index >= 15 is 0 Å². The molecule has 1 unspecified atom stereocenters. The minimum Gasteiger partial charge on any atom is -0.479 e. The number of carboxylic acids is 1. The zero-order valence-electron chi connectivity index (χ0n) is 8.48. The number of carbonyl (C=O) groups is 2. The van der Waals surface area contributed by atoms with Crippen LogP contribution in [0.5, 0.6) is 0 Å². The van der Waals surface area contributed by atoms with Crippen molar-refractivity contribution in [1.29, 1.82) is 0 Å². The summed E-state index contributed by atoms with van der Waals surface area (Å²) in [5.41, 5.74) is -0.00973. The zero-order chi connectivity index (χ0) is 13.0. The number of hydrogen-bond acceptors (Lipinski definition) is 3. The molecule has 1 amide bonds. The molecule has 0 aliphatic rings. The van der Waals surface area contributed by atoms with Gasteiger partial charge in [-0.15, -0.1) is 0 Å². The van der Waals surface area contributed by atoms with Crippen molar-refractivity contribution in [2.75, 3.05) is 6.54 Å².